The number of thiocarbonyl (C=S) groups is 1. The summed E-state index contributed by atoms with van der Waals surface area (Å²) >= 11 is 5.45. The number of aliphatic carboxylic acids is 3. The van der Waals surface area contributed by atoms with Crippen molar-refractivity contribution < 1.29 is 34.4 Å². The minimum Gasteiger partial charge on any atom is -0.480 e. The van der Waals surface area contributed by atoms with Gasteiger partial charge in [0.1, 0.15) is 0 Å². The van der Waals surface area contributed by atoms with E-state index in [1.807, 2.05) is 29.2 Å². The van der Waals surface area contributed by atoms with Crippen LogP contribution in [-0.2, 0) is 25.5 Å². The largest absolute Gasteiger partial charge is 0.480 e. The predicted octanol–water partition coefficient (Wildman–Crippen LogP) is 1.57. The van der Waals surface area contributed by atoms with Gasteiger partial charge in [-0.25, -0.2) is 0 Å². The summed E-state index contributed by atoms with van der Waals surface area (Å²) in [6, 6.07) is 7.49. The van der Waals surface area contributed by atoms with Gasteiger partial charge in [0.15, 0.2) is 0 Å². The minimum atomic E-state index is -0.999. The Labute approximate surface area is 229 Å². The van der Waals surface area contributed by atoms with E-state index >= 15 is 0 Å². The van der Waals surface area contributed by atoms with Gasteiger partial charge in [-0.3, -0.25) is 29.1 Å². The summed E-state index contributed by atoms with van der Waals surface area (Å²) in [6.45, 7) is 5.83. The van der Waals surface area contributed by atoms with E-state index in [0.29, 0.717) is 45.8 Å². The van der Waals surface area contributed by atoms with Crippen LogP contribution in [0.3, 0.4) is 0 Å². The van der Waals surface area contributed by atoms with Crippen molar-refractivity contribution in [2.75, 3.05) is 70.9 Å². The number of ether oxygens (including phenoxy) is 1. The van der Waals surface area contributed by atoms with Gasteiger partial charge in [-0.2, -0.15) is 0 Å². The van der Waals surface area contributed by atoms with Gasteiger partial charge in [0.25, 0.3) is 0 Å². The van der Waals surface area contributed by atoms with Crippen molar-refractivity contribution in [2.45, 2.75) is 32.7 Å². The highest BCUT2D eigenvalue weighted by Crippen LogP contribution is 2.17. The van der Waals surface area contributed by atoms with Crippen LogP contribution in [0.2, 0.25) is 0 Å². The number of carbonyl (C=O) groups is 3. The molecule has 1 fully saturated rings. The topological polar surface area (TPSA) is 143 Å². The fraction of sp³-hybridized carbons (Fsp3) is 0.615. The molecule has 0 spiro atoms. The highest BCUT2D eigenvalue weighted by molar-refractivity contribution is 7.80. The highest BCUT2D eigenvalue weighted by atomic mass is 32.1. The van der Waals surface area contributed by atoms with Crippen LogP contribution >= 0.6 is 12.2 Å². The molecule has 1 unspecified atom stereocenters. The van der Waals surface area contributed by atoms with Gasteiger partial charge in [0.2, 0.25) is 0 Å². The highest BCUT2D eigenvalue weighted by Gasteiger charge is 2.26. The molecule has 1 aromatic rings. The number of rotatable bonds is 11. The van der Waals surface area contributed by atoms with Gasteiger partial charge in [0.05, 0.1) is 37.8 Å². The number of anilines is 1. The summed E-state index contributed by atoms with van der Waals surface area (Å²) in [5, 5.41) is 31.6. The van der Waals surface area contributed by atoms with Crippen LogP contribution in [0, 0.1) is 5.92 Å². The second kappa shape index (κ2) is 16.4. The van der Waals surface area contributed by atoms with Gasteiger partial charge >= 0.3 is 17.9 Å². The molecule has 12 heteroatoms. The van der Waals surface area contributed by atoms with Gasteiger partial charge in [-0.05, 0) is 30.5 Å². The molecule has 1 heterocycles. The zero-order chi connectivity index (χ0) is 28.1. The Morgan fingerprint density at radius 2 is 1.53 bits per heavy atom. The monoisotopic (exact) mass is 552 g/mol. The molecule has 0 radical (unpaired) electrons. The van der Waals surface area contributed by atoms with Crippen molar-refractivity contribution in [3.05, 3.63) is 29.8 Å². The van der Waals surface area contributed by atoms with Crippen molar-refractivity contribution in [3.63, 3.8) is 0 Å². The van der Waals surface area contributed by atoms with Crippen LogP contribution in [0.4, 0.5) is 5.69 Å². The second-order valence-electron chi connectivity index (χ2n) is 9.63. The smallest absolute Gasteiger partial charge is 0.317 e. The van der Waals surface area contributed by atoms with E-state index in [-0.39, 0.29) is 38.2 Å². The third-order valence-corrected chi connectivity index (χ3v) is 7.11. The van der Waals surface area contributed by atoms with Crippen molar-refractivity contribution >= 4 is 40.8 Å². The average molecular weight is 553 g/mol. The van der Waals surface area contributed by atoms with E-state index in [4.69, 9.17) is 17.0 Å². The maximum Gasteiger partial charge on any atom is 0.317 e. The fourth-order valence-electron chi connectivity index (χ4n) is 4.27. The van der Waals surface area contributed by atoms with Crippen molar-refractivity contribution in [2.24, 2.45) is 5.92 Å². The molecule has 4 N–H and O–H groups in total. The number of nitrogens with zero attached hydrogens (tertiary/aromatic N) is 3. The molecule has 0 amide bonds. The number of hydrogen-bond donors (Lipinski definition) is 4. The lowest BCUT2D eigenvalue weighted by Gasteiger charge is -2.36. The summed E-state index contributed by atoms with van der Waals surface area (Å²) in [5.74, 6) is -2.67. The molecule has 212 valence electrons. The summed E-state index contributed by atoms with van der Waals surface area (Å²) in [6.07, 6.45) is 1.44. The maximum absolute atomic E-state index is 11.7. The molecule has 0 aromatic heterocycles. The summed E-state index contributed by atoms with van der Waals surface area (Å²) in [5.41, 5.74) is 1.85. The van der Waals surface area contributed by atoms with E-state index in [9.17, 15) is 29.7 Å². The molecule has 1 aromatic carbocycles. The van der Waals surface area contributed by atoms with Crippen LogP contribution in [0.25, 0.3) is 0 Å². The Bertz CT molecular complexity index is 931. The van der Waals surface area contributed by atoms with Crippen molar-refractivity contribution in [1.29, 1.82) is 0 Å². The van der Waals surface area contributed by atoms with Crippen LogP contribution in [0.15, 0.2) is 24.3 Å². The number of benzene rings is 1. The van der Waals surface area contributed by atoms with E-state index in [2.05, 4.69) is 19.2 Å². The zero-order valence-electron chi connectivity index (χ0n) is 22.2. The summed E-state index contributed by atoms with van der Waals surface area (Å²) in [7, 11) is 0. The third kappa shape index (κ3) is 11.8. The first kappa shape index (κ1) is 31.6. The van der Waals surface area contributed by atoms with Crippen molar-refractivity contribution in [3.8, 4) is 0 Å². The molecular formula is C26H40N4O7S. The van der Waals surface area contributed by atoms with Crippen LogP contribution in [0.5, 0.6) is 0 Å². The van der Waals surface area contributed by atoms with Crippen molar-refractivity contribution in [1.82, 2.24) is 14.7 Å². The molecule has 2 atom stereocenters. The first-order valence-electron chi connectivity index (χ1n) is 12.9. The summed E-state index contributed by atoms with van der Waals surface area (Å²) in [4.78, 5) is 40.7. The lowest BCUT2D eigenvalue weighted by molar-refractivity contribution is -0.141. The quantitative estimate of drug-likeness (QED) is 0.296. The van der Waals surface area contributed by atoms with Gasteiger partial charge in [0, 0.05) is 50.4 Å². The SMILES string of the molecule is CCC(C)C(=S)Nc1ccc(C[C@H]2CN(CC(=O)O)CCN(CC(=O)O)CCOCCN2CC(=O)O)cc1. The lowest BCUT2D eigenvalue weighted by atomic mass is 10.0. The molecule has 1 saturated heterocycles. The number of carboxylic acid groups (broad SMARTS) is 3. The fourth-order valence-corrected chi connectivity index (χ4v) is 4.55. The molecule has 0 aliphatic carbocycles. The Kier molecular flexibility index (Phi) is 13.6. The normalized spacial score (nSPS) is 19.6. The average Bonchev–Trinajstić information content (AvgIpc) is 2.84. The molecule has 38 heavy (non-hydrogen) atoms. The van der Waals surface area contributed by atoms with E-state index < -0.39 is 17.9 Å². The minimum absolute atomic E-state index is 0.167. The van der Waals surface area contributed by atoms with Crippen LogP contribution < -0.4 is 5.32 Å². The van der Waals surface area contributed by atoms with E-state index in [1.165, 1.54) is 0 Å². The van der Waals surface area contributed by atoms with E-state index in [0.717, 1.165) is 22.7 Å². The number of nitrogens with one attached hydrogen (secondary N) is 1. The predicted molar refractivity (Wildman–Crippen MR) is 148 cm³/mol. The first-order chi connectivity index (χ1) is 18.1. The molecule has 0 bridgehead atoms. The first-order valence-corrected chi connectivity index (χ1v) is 13.3. The Balaban J connectivity index is 2.25. The zero-order valence-corrected chi connectivity index (χ0v) is 23.0. The maximum atomic E-state index is 11.7. The summed E-state index contributed by atoms with van der Waals surface area (Å²) < 4.78 is 5.70. The van der Waals surface area contributed by atoms with E-state index in [1.54, 1.807) is 9.80 Å². The molecule has 1 aliphatic heterocycles. The van der Waals surface area contributed by atoms with Gasteiger partial charge < -0.3 is 25.4 Å². The Morgan fingerprint density at radius 3 is 2.13 bits per heavy atom. The number of carboxylic acids is 3. The van der Waals surface area contributed by atoms with Crippen LogP contribution in [0.1, 0.15) is 25.8 Å². The number of hydrogen-bond acceptors (Lipinski definition) is 8. The van der Waals surface area contributed by atoms with Gasteiger partial charge in [-0.15, -0.1) is 0 Å². The molecule has 1 aliphatic rings. The van der Waals surface area contributed by atoms with Crippen LogP contribution in [-0.4, -0.2) is 125 Å². The molecule has 2 rings (SSSR count). The standard InChI is InChI=1S/C26H40N4O7S/c1-3-19(2)26(38)27-21-6-4-20(5-7-21)14-22-15-29(17-24(33)34)9-8-28(16-23(31)32)10-12-37-13-11-30(22)18-25(35)36/h4-7,19,22H,3,8-18H2,1-2H3,(H,27,38)(H,31,32)(H,33,34)(H,35,36)/t19?,22-/m0/s1. The molecular weight excluding hydrogens is 512 g/mol. The lowest BCUT2D eigenvalue weighted by Crippen LogP contribution is -2.51. The molecule has 11 nitrogen and oxygen atoms in total. The second-order valence-corrected chi connectivity index (χ2v) is 10.1. The third-order valence-electron chi connectivity index (χ3n) is 6.60. The Morgan fingerprint density at radius 1 is 0.947 bits per heavy atom. The van der Waals surface area contributed by atoms with Gasteiger partial charge in [-0.1, -0.05) is 38.2 Å². The Hall–Kier alpha value is -2.64. The molecule has 0 saturated carbocycles.